The fraction of sp³-hybridized carbons (Fsp3) is 0.208. The summed E-state index contributed by atoms with van der Waals surface area (Å²) < 4.78 is 12.2. The van der Waals surface area contributed by atoms with Crippen LogP contribution < -0.4 is 14.8 Å². The lowest BCUT2D eigenvalue weighted by atomic mass is 10.2. The Morgan fingerprint density at radius 1 is 0.966 bits per heavy atom. The Labute approximate surface area is 180 Å². The first-order valence-electron chi connectivity index (χ1n) is 9.52. The minimum absolute atomic E-state index is 0.184. The predicted octanol–water partition coefficient (Wildman–Crippen LogP) is 6.32. The van der Waals surface area contributed by atoms with Gasteiger partial charge in [-0.3, -0.25) is 4.79 Å². The Kier molecular flexibility index (Phi) is 7.30. The van der Waals surface area contributed by atoms with Crippen molar-refractivity contribution in [1.82, 2.24) is 0 Å². The Bertz CT molecular complexity index is 940. The van der Waals surface area contributed by atoms with Crippen LogP contribution in [0.5, 0.6) is 11.5 Å². The zero-order valence-electron chi connectivity index (χ0n) is 16.5. The molecule has 0 unspecified atom stereocenters. The highest BCUT2D eigenvalue weighted by Gasteiger charge is 2.10. The van der Waals surface area contributed by atoms with E-state index in [9.17, 15) is 4.79 Å². The van der Waals surface area contributed by atoms with Gasteiger partial charge in [-0.2, -0.15) is 0 Å². The van der Waals surface area contributed by atoms with E-state index in [1.165, 1.54) is 0 Å². The van der Waals surface area contributed by atoms with Gasteiger partial charge in [0, 0.05) is 11.3 Å². The highest BCUT2D eigenvalue weighted by atomic mass is 79.9. The van der Waals surface area contributed by atoms with Gasteiger partial charge in [0.25, 0.3) is 5.91 Å². The van der Waals surface area contributed by atoms with E-state index in [0.29, 0.717) is 36.1 Å². The highest BCUT2D eigenvalue weighted by Crippen LogP contribution is 2.27. The molecule has 4 nitrogen and oxygen atoms in total. The van der Waals surface area contributed by atoms with Crippen molar-refractivity contribution in [2.75, 3.05) is 11.9 Å². The molecule has 3 rings (SSSR count). The molecule has 5 heteroatoms. The molecule has 0 aliphatic carbocycles. The molecular formula is C24H24BrNO3. The van der Waals surface area contributed by atoms with Crippen LogP contribution in [0.15, 0.2) is 77.3 Å². The van der Waals surface area contributed by atoms with Gasteiger partial charge in [-0.15, -0.1) is 0 Å². The summed E-state index contributed by atoms with van der Waals surface area (Å²) >= 11 is 3.49. The molecule has 0 aliphatic rings. The molecule has 0 spiro atoms. The number of halogens is 1. The minimum Gasteiger partial charge on any atom is -0.493 e. The van der Waals surface area contributed by atoms with Gasteiger partial charge in [0.1, 0.15) is 18.1 Å². The summed E-state index contributed by atoms with van der Waals surface area (Å²) in [6.45, 7) is 5.34. The first kappa shape index (κ1) is 20.9. The van der Waals surface area contributed by atoms with Crippen LogP contribution in [0.1, 0.15) is 29.8 Å². The molecule has 0 saturated heterocycles. The molecule has 3 aromatic carbocycles. The van der Waals surface area contributed by atoms with Crippen LogP contribution in [0, 0.1) is 5.92 Å². The predicted molar refractivity (Wildman–Crippen MR) is 120 cm³/mol. The van der Waals surface area contributed by atoms with E-state index < -0.39 is 0 Å². The van der Waals surface area contributed by atoms with Crippen LogP contribution in [0.2, 0.25) is 0 Å². The number of carbonyl (C=O) groups excluding carboxylic acids is 1. The molecule has 1 N–H and O–H groups in total. The molecule has 0 bridgehead atoms. The van der Waals surface area contributed by atoms with Crippen molar-refractivity contribution in [3.05, 3.63) is 88.4 Å². The summed E-state index contributed by atoms with van der Waals surface area (Å²) in [6.07, 6.45) is 0. The van der Waals surface area contributed by atoms with E-state index in [2.05, 4.69) is 35.1 Å². The van der Waals surface area contributed by atoms with E-state index in [-0.39, 0.29) is 5.91 Å². The number of carbonyl (C=O) groups is 1. The average molecular weight is 454 g/mol. The quantitative estimate of drug-likeness (QED) is 0.434. The molecular weight excluding hydrogens is 430 g/mol. The summed E-state index contributed by atoms with van der Waals surface area (Å²) in [4.78, 5) is 12.6. The van der Waals surface area contributed by atoms with Crippen molar-refractivity contribution < 1.29 is 14.3 Å². The third-order valence-corrected chi connectivity index (χ3v) is 4.75. The van der Waals surface area contributed by atoms with Gasteiger partial charge in [0.2, 0.25) is 0 Å². The number of nitrogens with one attached hydrogen (secondary N) is 1. The average Bonchev–Trinajstić information content (AvgIpc) is 2.73. The van der Waals surface area contributed by atoms with Crippen molar-refractivity contribution in [3.63, 3.8) is 0 Å². The molecule has 0 atom stereocenters. The van der Waals surface area contributed by atoms with Gasteiger partial charge in [-0.25, -0.2) is 0 Å². The topological polar surface area (TPSA) is 47.6 Å². The Morgan fingerprint density at radius 2 is 1.69 bits per heavy atom. The molecule has 0 aromatic heterocycles. The maximum atomic E-state index is 12.6. The number of amides is 1. The second-order valence-electron chi connectivity index (χ2n) is 7.10. The maximum Gasteiger partial charge on any atom is 0.255 e. The van der Waals surface area contributed by atoms with Crippen molar-refractivity contribution in [2.45, 2.75) is 20.5 Å². The molecule has 3 aromatic rings. The van der Waals surface area contributed by atoms with E-state index in [1.54, 1.807) is 18.2 Å². The van der Waals surface area contributed by atoms with Gasteiger partial charge in [0.05, 0.1) is 11.1 Å². The Hall–Kier alpha value is -2.79. The SMILES string of the molecule is CC(C)COc1ccc(NC(=O)c2ccc(OCc3ccccc3)c(Br)c2)cc1. The van der Waals surface area contributed by atoms with Crippen LogP contribution in [-0.2, 0) is 6.61 Å². The van der Waals surface area contributed by atoms with E-state index in [4.69, 9.17) is 9.47 Å². The second-order valence-corrected chi connectivity index (χ2v) is 7.96. The van der Waals surface area contributed by atoms with Gasteiger partial charge in [-0.05, 0) is 69.9 Å². The fourth-order valence-electron chi connectivity index (χ4n) is 2.60. The maximum absolute atomic E-state index is 12.6. The molecule has 29 heavy (non-hydrogen) atoms. The third-order valence-electron chi connectivity index (χ3n) is 4.13. The number of anilines is 1. The fourth-order valence-corrected chi connectivity index (χ4v) is 3.09. The summed E-state index contributed by atoms with van der Waals surface area (Å²) in [5.74, 6) is 1.76. The van der Waals surface area contributed by atoms with Crippen LogP contribution in [0.4, 0.5) is 5.69 Å². The molecule has 0 heterocycles. The molecule has 0 aliphatic heterocycles. The lowest BCUT2D eigenvalue weighted by Gasteiger charge is -2.11. The molecule has 0 saturated carbocycles. The first-order chi connectivity index (χ1) is 14.0. The van der Waals surface area contributed by atoms with E-state index >= 15 is 0 Å². The van der Waals surface area contributed by atoms with Crippen molar-refractivity contribution >= 4 is 27.5 Å². The summed E-state index contributed by atoms with van der Waals surface area (Å²) in [7, 11) is 0. The number of hydrogen-bond donors (Lipinski definition) is 1. The molecule has 150 valence electrons. The van der Waals surface area contributed by atoms with Crippen LogP contribution in [0.3, 0.4) is 0 Å². The molecule has 0 radical (unpaired) electrons. The van der Waals surface area contributed by atoms with Crippen LogP contribution >= 0.6 is 15.9 Å². The number of rotatable bonds is 8. The van der Waals surface area contributed by atoms with Gasteiger partial charge in [-0.1, -0.05) is 44.2 Å². The Balaban J connectivity index is 1.58. The van der Waals surface area contributed by atoms with Crippen LogP contribution in [0.25, 0.3) is 0 Å². The van der Waals surface area contributed by atoms with Crippen molar-refractivity contribution in [3.8, 4) is 11.5 Å². The summed E-state index contributed by atoms with van der Waals surface area (Å²) in [5, 5.41) is 2.90. The van der Waals surface area contributed by atoms with Crippen molar-refractivity contribution in [1.29, 1.82) is 0 Å². The van der Waals surface area contributed by atoms with E-state index in [0.717, 1.165) is 15.8 Å². The zero-order valence-corrected chi connectivity index (χ0v) is 18.1. The Morgan fingerprint density at radius 3 is 2.34 bits per heavy atom. The lowest BCUT2D eigenvalue weighted by molar-refractivity contribution is 0.102. The normalized spacial score (nSPS) is 10.6. The number of hydrogen-bond acceptors (Lipinski definition) is 3. The smallest absolute Gasteiger partial charge is 0.255 e. The first-order valence-corrected chi connectivity index (χ1v) is 10.3. The third kappa shape index (κ3) is 6.36. The summed E-state index contributed by atoms with van der Waals surface area (Å²) in [6, 6.07) is 22.6. The molecule has 1 amide bonds. The van der Waals surface area contributed by atoms with Crippen molar-refractivity contribution in [2.24, 2.45) is 5.92 Å². The monoisotopic (exact) mass is 453 g/mol. The van der Waals surface area contributed by atoms with Gasteiger partial charge < -0.3 is 14.8 Å². The number of ether oxygens (including phenoxy) is 2. The van der Waals surface area contributed by atoms with E-state index in [1.807, 2.05) is 54.6 Å². The zero-order chi connectivity index (χ0) is 20.6. The van der Waals surface area contributed by atoms with Gasteiger partial charge >= 0.3 is 0 Å². The second kappa shape index (κ2) is 10.1. The minimum atomic E-state index is -0.184. The molecule has 0 fully saturated rings. The standard InChI is InChI=1S/C24H24BrNO3/c1-17(2)15-28-21-11-9-20(10-12-21)26-24(27)19-8-13-23(22(25)14-19)29-16-18-6-4-3-5-7-18/h3-14,17H,15-16H2,1-2H3,(H,26,27). The van der Waals surface area contributed by atoms with Gasteiger partial charge in [0.15, 0.2) is 0 Å². The summed E-state index contributed by atoms with van der Waals surface area (Å²) in [5.41, 5.74) is 2.35. The number of benzene rings is 3. The lowest BCUT2D eigenvalue weighted by Crippen LogP contribution is -2.12. The highest BCUT2D eigenvalue weighted by molar-refractivity contribution is 9.10. The van der Waals surface area contributed by atoms with Crippen LogP contribution in [-0.4, -0.2) is 12.5 Å². The largest absolute Gasteiger partial charge is 0.493 e.